The molecule has 1 N–H and O–H groups in total. The third kappa shape index (κ3) is 4.39. The highest BCUT2D eigenvalue weighted by atomic mass is 16.4. The number of aromatic nitrogens is 1. The van der Waals surface area contributed by atoms with E-state index in [0.717, 1.165) is 19.3 Å². The Balaban J connectivity index is 1.59. The van der Waals surface area contributed by atoms with Gasteiger partial charge in [0.05, 0.1) is 0 Å². The summed E-state index contributed by atoms with van der Waals surface area (Å²) in [6, 6.07) is 4.42. The van der Waals surface area contributed by atoms with Gasteiger partial charge < -0.3 is 14.9 Å². The van der Waals surface area contributed by atoms with E-state index >= 15 is 0 Å². The minimum atomic E-state index is -1.15. The molecule has 2 fully saturated rings. The van der Waals surface area contributed by atoms with Gasteiger partial charge in [0.25, 0.3) is 5.91 Å². The Morgan fingerprint density at radius 3 is 2.35 bits per heavy atom. The Labute approximate surface area is 153 Å². The van der Waals surface area contributed by atoms with Crippen molar-refractivity contribution in [1.82, 2.24) is 14.8 Å². The zero-order valence-electron chi connectivity index (χ0n) is 14.9. The SMILES string of the molecule is O=C(O)c1cccc(C(=O)N2CCCN(C(=O)CC3CCCC3)CC2)n1. The lowest BCUT2D eigenvalue weighted by atomic mass is 10.0. The summed E-state index contributed by atoms with van der Waals surface area (Å²) >= 11 is 0. The average Bonchev–Trinajstić information content (AvgIpc) is 3.02. The van der Waals surface area contributed by atoms with Crippen molar-refractivity contribution in [1.29, 1.82) is 0 Å². The number of hydrogen-bond acceptors (Lipinski definition) is 4. The monoisotopic (exact) mass is 359 g/mol. The molecule has 1 saturated carbocycles. The van der Waals surface area contributed by atoms with Gasteiger partial charge in [-0.15, -0.1) is 0 Å². The van der Waals surface area contributed by atoms with Gasteiger partial charge in [0.2, 0.25) is 5.91 Å². The summed E-state index contributed by atoms with van der Waals surface area (Å²) in [7, 11) is 0. The third-order valence-corrected chi connectivity index (χ3v) is 5.26. The van der Waals surface area contributed by atoms with Gasteiger partial charge in [-0.2, -0.15) is 0 Å². The summed E-state index contributed by atoms with van der Waals surface area (Å²) < 4.78 is 0. The molecule has 0 bridgehead atoms. The minimum absolute atomic E-state index is 0.135. The molecule has 1 aliphatic heterocycles. The number of carboxylic acid groups (broad SMARTS) is 1. The summed E-state index contributed by atoms with van der Waals surface area (Å²) in [6.07, 6.45) is 6.09. The number of aromatic carboxylic acids is 1. The highest BCUT2D eigenvalue weighted by Crippen LogP contribution is 2.28. The fraction of sp³-hybridized carbons (Fsp3) is 0.579. The molecule has 0 atom stereocenters. The van der Waals surface area contributed by atoms with E-state index in [-0.39, 0.29) is 23.2 Å². The van der Waals surface area contributed by atoms with E-state index in [1.54, 1.807) is 4.90 Å². The maximum atomic E-state index is 12.6. The molecule has 1 saturated heterocycles. The molecule has 0 spiro atoms. The molecule has 7 heteroatoms. The van der Waals surface area contributed by atoms with Crippen LogP contribution in [0.3, 0.4) is 0 Å². The summed E-state index contributed by atoms with van der Waals surface area (Å²) in [4.78, 5) is 43.7. The van der Waals surface area contributed by atoms with E-state index in [2.05, 4.69) is 4.98 Å². The van der Waals surface area contributed by atoms with Crippen LogP contribution in [0.15, 0.2) is 18.2 Å². The first-order valence-electron chi connectivity index (χ1n) is 9.32. The Kier molecular flexibility index (Phi) is 5.85. The predicted octanol–water partition coefficient (Wildman–Crippen LogP) is 2.03. The molecule has 2 amide bonds. The number of carboxylic acids is 1. The van der Waals surface area contributed by atoms with Gasteiger partial charge in [-0.05, 0) is 37.3 Å². The summed E-state index contributed by atoms with van der Waals surface area (Å²) in [6.45, 7) is 2.19. The molecule has 1 aromatic heterocycles. The van der Waals surface area contributed by atoms with E-state index in [1.807, 2.05) is 4.90 Å². The van der Waals surface area contributed by atoms with Gasteiger partial charge in [-0.3, -0.25) is 9.59 Å². The van der Waals surface area contributed by atoms with Crippen molar-refractivity contribution in [3.63, 3.8) is 0 Å². The highest BCUT2D eigenvalue weighted by molar-refractivity contribution is 5.94. The topological polar surface area (TPSA) is 90.8 Å². The van der Waals surface area contributed by atoms with Crippen molar-refractivity contribution in [3.05, 3.63) is 29.6 Å². The van der Waals surface area contributed by atoms with Gasteiger partial charge in [-0.25, -0.2) is 9.78 Å². The molecule has 1 aromatic rings. The van der Waals surface area contributed by atoms with Crippen LogP contribution >= 0.6 is 0 Å². The summed E-state index contributed by atoms with van der Waals surface area (Å²) in [5, 5.41) is 9.03. The van der Waals surface area contributed by atoms with Crippen molar-refractivity contribution in [2.24, 2.45) is 5.92 Å². The smallest absolute Gasteiger partial charge is 0.354 e. The number of amides is 2. The van der Waals surface area contributed by atoms with Crippen LogP contribution in [-0.4, -0.2) is 63.9 Å². The van der Waals surface area contributed by atoms with Crippen LogP contribution in [0, 0.1) is 5.92 Å². The zero-order chi connectivity index (χ0) is 18.5. The molecule has 2 aliphatic rings. The van der Waals surface area contributed by atoms with E-state index in [9.17, 15) is 14.4 Å². The number of carbonyl (C=O) groups is 3. The first kappa shape index (κ1) is 18.4. The Bertz CT molecular complexity index is 685. The number of pyridine rings is 1. The van der Waals surface area contributed by atoms with Crippen molar-refractivity contribution in [2.45, 2.75) is 38.5 Å². The van der Waals surface area contributed by atoms with E-state index < -0.39 is 5.97 Å². The van der Waals surface area contributed by atoms with Crippen molar-refractivity contribution in [3.8, 4) is 0 Å². The number of rotatable bonds is 4. The second-order valence-electron chi connectivity index (χ2n) is 7.09. The normalized spacial score (nSPS) is 18.6. The zero-order valence-corrected chi connectivity index (χ0v) is 14.9. The van der Waals surface area contributed by atoms with Crippen molar-refractivity contribution in [2.75, 3.05) is 26.2 Å². The quantitative estimate of drug-likeness (QED) is 0.888. The molecule has 2 heterocycles. The molecular weight excluding hydrogens is 334 g/mol. The molecule has 0 aromatic carbocycles. The lowest BCUT2D eigenvalue weighted by molar-refractivity contribution is -0.132. The highest BCUT2D eigenvalue weighted by Gasteiger charge is 2.26. The molecule has 0 radical (unpaired) electrons. The maximum absolute atomic E-state index is 12.6. The molecule has 0 unspecified atom stereocenters. The lowest BCUT2D eigenvalue weighted by Gasteiger charge is -2.23. The van der Waals surface area contributed by atoms with E-state index in [1.165, 1.54) is 31.0 Å². The van der Waals surface area contributed by atoms with Crippen LogP contribution in [0.4, 0.5) is 0 Å². The van der Waals surface area contributed by atoms with Crippen molar-refractivity contribution >= 4 is 17.8 Å². The van der Waals surface area contributed by atoms with Crippen molar-refractivity contribution < 1.29 is 19.5 Å². The molecule has 7 nitrogen and oxygen atoms in total. The van der Waals surface area contributed by atoms with Gasteiger partial charge in [0.1, 0.15) is 11.4 Å². The first-order chi connectivity index (χ1) is 12.5. The van der Waals surface area contributed by atoms with E-state index in [0.29, 0.717) is 38.5 Å². The van der Waals surface area contributed by atoms with Crippen LogP contribution < -0.4 is 0 Å². The molecule has 26 heavy (non-hydrogen) atoms. The second-order valence-corrected chi connectivity index (χ2v) is 7.09. The third-order valence-electron chi connectivity index (χ3n) is 5.26. The van der Waals surface area contributed by atoms with Crippen LogP contribution in [0.25, 0.3) is 0 Å². The summed E-state index contributed by atoms with van der Waals surface area (Å²) in [5.41, 5.74) is -0.00493. The Morgan fingerprint density at radius 2 is 1.62 bits per heavy atom. The summed E-state index contributed by atoms with van der Waals surface area (Å²) in [5.74, 6) is -0.721. The minimum Gasteiger partial charge on any atom is -0.477 e. The average molecular weight is 359 g/mol. The molecule has 3 rings (SSSR count). The maximum Gasteiger partial charge on any atom is 0.354 e. The van der Waals surface area contributed by atoms with Gasteiger partial charge >= 0.3 is 5.97 Å². The van der Waals surface area contributed by atoms with Gasteiger partial charge in [0, 0.05) is 32.6 Å². The largest absolute Gasteiger partial charge is 0.477 e. The van der Waals surface area contributed by atoms with Crippen LogP contribution in [0.5, 0.6) is 0 Å². The molecular formula is C19H25N3O4. The van der Waals surface area contributed by atoms with Crippen LogP contribution in [-0.2, 0) is 4.79 Å². The fourth-order valence-corrected chi connectivity index (χ4v) is 3.80. The van der Waals surface area contributed by atoms with Gasteiger partial charge in [-0.1, -0.05) is 18.9 Å². The Hall–Kier alpha value is -2.44. The number of hydrogen-bond donors (Lipinski definition) is 1. The second kappa shape index (κ2) is 8.29. The molecule has 1 aliphatic carbocycles. The molecule has 140 valence electrons. The van der Waals surface area contributed by atoms with E-state index in [4.69, 9.17) is 5.11 Å². The number of carbonyl (C=O) groups excluding carboxylic acids is 2. The Morgan fingerprint density at radius 1 is 0.962 bits per heavy atom. The predicted molar refractivity (Wildman–Crippen MR) is 94.9 cm³/mol. The van der Waals surface area contributed by atoms with Gasteiger partial charge in [0.15, 0.2) is 0 Å². The lowest BCUT2D eigenvalue weighted by Crippen LogP contribution is -2.38. The first-order valence-corrected chi connectivity index (χ1v) is 9.32. The standard InChI is InChI=1S/C19H25N3O4/c23-17(13-14-5-1-2-6-14)21-9-4-10-22(12-11-21)18(24)15-7-3-8-16(20-15)19(25)26/h3,7-8,14H,1-2,4-6,9-13H2,(H,25,26). The number of nitrogens with zero attached hydrogens (tertiary/aromatic N) is 3. The van der Waals surface area contributed by atoms with Crippen LogP contribution in [0.2, 0.25) is 0 Å². The fourth-order valence-electron chi connectivity index (χ4n) is 3.80. The van der Waals surface area contributed by atoms with Crippen LogP contribution in [0.1, 0.15) is 59.5 Å².